The topological polar surface area (TPSA) is 142 Å². The van der Waals surface area contributed by atoms with Crippen molar-refractivity contribution >= 4 is 11.9 Å². The Hall–Kier alpha value is -4.28. The van der Waals surface area contributed by atoms with Crippen LogP contribution in [0.5, 0.6) is 0 Å². The van der Waals surface area contributed by atoms with E-state index in [-0.39, 0.29) is 18.7 Å². The number of nitrogens with one attached hydrogen (secondary N) is 3. The molecular formula is C31H35N7O3. The number of amides is 1. The summed E-state index contributed by atoms with van der Waals surface area (Å²) in [7, 11) is 0. The summed E-state index contributed by atoms with van der Waals surface area (Å²) in [6, 6.07) is 16.9. The number of imidazole rings is 2. The van der Waals surface area contributed by atoms with Crippen molar-refractivity contribution in [3.05, 3.63) is 72.6 Å². The van der Waals surface area contributed by atoms with Crippen LogP contribution >= 0.6 is 0 Å². The molecular weight excluding hydrogens is 518 g/mol. The molecule has 2 aromatic heterocycles. The maximum absolute atomic E-state index is 13.0. The van der Waals surface area contributed by atoms with Crippen LogP contribution in [0.1, 0.15) is 56.3 Å². The fourth-order valence-corrected chi connectivity index (χ4v) is 5.79. The maximum atomic E-state index is 13.0. The molecule has 0 unspecified atom stereocenters. The monoisotopic (exact) mass is 553 g/mol. The summed E-state index contributed by atoms with van der Waals surface area (Å²) in [6.07, 6.45) is 7.64. The molecule has 5 N–H and O–H groups in total. The third kappa shape index (κ3) is 5.53. The van der Waals surface area contributed by atoms with Gasteiger partial charge in [-0.2, -0.15) is 0 Å². The minimum Gasteiger partial charge on any atom is -0.449 e. The minimum absolute atomic E-state index is 0.206. The number of ether oxygens (including phenoxy) is 1. The number of carbonyl (C=O) groups is 2. The summed E-state index contributed by atoms with van der Waals surface area (Å²) in [5.41, 5.74) is 11.6. The van der Waals surface area contributed by atoms with Crippen molar-refractivity contribution in [3.8, 4) is 33.6 Å². The smallest absolute Gasteiger partial charge is 0.319 e. The van der Waals surface area contributed by atoms with Gasteiger partial charge in [0, 0.05) is 6.54 Å². The predicted molar refractivity (Wildman–Crippen MR) is 155 cm³/mol. The van der Waals surface area contributed by atoms with E-state index in [9.17, 15) is 9.59 Å². The van der Waals surface area contributed by atoms with E-state index in [0.717, 1.165) is 71.1 Å². The van der Waals surface area contributed by atoms with Crippen LogP contribution < -0.4 is 11.1 Å². The molecule has 2 aliphatic rings. The normalized spacial score (nSPS) is 19.4. The number of likely N-dealkylation sites (tertiary alicyclic amines) is 1. The van der Waals surface area contributed by atoms with Crippen molar-refractivity contribution in [1.82, 2.24) is 30.2 Å². The Morgan fingerprint density at radius 1 is 0.902 bits per heavy atom. The standard InChI is InChI=1S/C31H35N7O3/c1-19(31(40)41-18-32)30(39)38-15-3-5-27(38)29-35-17-26(37-29)23-12-8-21(9-13-23)20-6-10-22(11-7-20)25-16-34-28(36-25)24-4-2-14-33-24/h6-13,16-17,19,24,27,33H,2-5,14-15,18,32H2,1H3,(H,34,36)(H,35,37)/t19-,24-,27-/m0/s1. The van der Waals surface area contributed by atoms with Crippen LogP contribution in [0.4, 0.5) is 0 Å². The lowest BCUT2D eigenvalue weighted by Gasteiger charge is -2.25. The Labute approximate surface area is 238 Å². The van der Waals surface area contributed by atoms with E-state index >= 15 is 0 Å². The van der Waals surface area contributed by atoms with Gasteiger partial charge in [0.2, 0.25) is 5.91 Å². The van der Waals surface area contributed by atoms with Crippen molar-refractivity contribution in [2.75, 3.05) is 19.8 Å². The molecule has 0 spiro atoms. The fourth-order valence-electron chi connectivity index (χ4n) is 5.79. The zero-order valence-electron chi connectivity index (χ0n) is 23.1. The van der Waals surface area contributed by atoms with E-state index in [2.05, 4.69) is 73.8 Å². The van der Waals surface area contributed by atoms with E-state index in [0.29, 0.717) is 12.6 Å². The number of benzene rings is 2. The molecule has 10 nitrogen and oxygen atoms in total. The van der Waals surface area contributed by atoms with Gasteiger partial charge in [0.1, 0.15) is 24.3 Å². The van der Waals surface area contributed by atoms with Crippen LogP contribution in [0.15, 0.2) is 60.9 Å². The van der Waals surface area contributed by atoms with Crippen LogP contribution in [0.2, 0.25) is 0 Å². The summed E-state index contributed by atoms with van der Waals surface area (Å²) in [6.45, 7) is 2.94. The fraction of sp³-hybridized carbons (Fsp3) is 0.355. The number of aromatic amines is 2. The van der Waals surface area contributed by atoms with Gasteiger partial charge in [0.05, 0.1) is 35.9 Å². The van der Waals surface area contributed by atoms with Crippen LogP contribution in [0.25, 0.3) is 33.6 Å². The number of esters is 1. The zero-order chi connectivity index (χ0) is 28.3. The van der Waals surface area contributed by atoms with E-state index in [1.54, 1.807) is 18.0 Å². The highest BCUT2D eigenvalue weighted by atomic mass is 16.5. The molecule has 212 valence electrons. The van der Waals surface area contributed by atoms with Gasteiger partial charge in [-0.05, 0) is 61.4 Å². The molecule has 2 saturated heterocycles. The summed E-state index contributed by atoms with van der Waals surface area (Å²) < 4.78 is 4.83. The SMILES string of the molecule is C[C@H](C(=O)OCN)C(=O)N1CCC[C@H]1c1ncc(-c2ccc(-c3ccc(-c4cnc([C@@H]5CCCN5)[nH]4)cc3)cc2)[nH]1. The number of carbonyl (C=O) groups excluding carboxylic acids is 2. The Morgan fingerprint density at radius 3 is 2.07 bits per heavy atom. The lowest BCUT2D eigenvalue weighted by atomic mass is 10.0. The summed E-state index contributed by atoms with van der Waals surface area (Å²) in [5.74, 6) is -0.0477. The van der Waals surface area contributed by atoms with Crippen molar-refractivity contribution in [2.24, 2.45) is 11.7 Å². The van der Waals surface area contributed by atoms with Crippen molar-refractivity contribution < 1.29 is 14.3 Å². The highest BCUT2D eigenvalue weighted by Crippen LogP contribution is 2.33. The highest BCUT2D eigenvalue weighted by molar-refractivity contribution is 5.97. The largest absolute Gasteiger partial charge is 0.449 e. The second kappa shape index (κ2) is 11.7. The summed E-state index contributed by atoms with van der Waals surface area (Å²) >= 11 is 0. The van der Waals surface area contributed by atoms with Gasteiger partial charge < -0.3 is 24.9 Å². The van der Waals surface area contributed by atoms with Crippen molar-refractivity contribution in [2.45, 2.75) is 44.7 Å². The van der Waals surface area contributed by atoms with Gasteiger partial charge >= 0.3 is 5.97 Å². The van der Waals surface area contributed by atoms with Gasteiger partial charge in [-0.15, -0.1) is 0 Å². The number of rotatable bonds is 8. The highest BCUT2D eigenvalue weighted by Gasteiger charge is 2.37. The van der Waals surface area contributed by atoms with Gasteiger partial charge in [0.25, 0.3) is 0 Å². The third-order valence-corrected chi connectivity index (χ3v) is 8.11. The maximum Gasteiger partial charge on any atom is 0.319 e. The second-order valence-electron chi connectivity index (χ2n) is 10.7. The molecule has 2 fully saturated rings. The van der Waals surface area contributed by atoms with Crippen molar-refractivity contribution in [1.29, 1.82) is 0 Å². The molecule has 0 aliphatic carbocycles. The van der Waals surface area contributed by atoms with Gasteiger partial charge in [-0.3, -0.25) is 15.3 Å². The molecule has 2 aliphatic heterocycles. The molecule has 4 aromatic rings. The first-order valence-electron chi connectivity index (χ1n) is 14.2. The zero-order valence-corrected chi connectivity index (χ0v) is 23.1. The van der Waals surface area contributed by atoms with E-state index in [4.69, 9.17) is 10.5 Å². The quantitative estimate of drug-likeness (QED) is 0.145. The lowest BCUT2D eigenvalue weighted by molar-refractivity contribution is -0.155. The first kappa shape index (κ1) is 26.9. The number of nitrogens with two attached hydrogens (primary N) is 1. The van der Waals surface area contributed by atoms with Gasteiger partial charge in [-0.1, -0.05) is 48.5 Å². The van der Waals surface area contributed by atoms with E-state index in [1.807, 2.05) is 6.20 Å². The Balaban J connectivity index is 1.12. The summed E-state index contributed by atoms with van der Waals surface area (Å²) in [5, 5.41) is 3.48. The van der Waals surface area contributed by atoms with Crippen LogP contribution in [0.3, 0.4) is 0 Å². The van der Waals surface area contributed by atoms with E-state index < -0.39 is 11.9 Å². The first-order valence-corrected chi connectivity index (χ1v) is 14.2. The van der Waals surface area contributed by atoms with Crippen LogP contribution in [-0.4, -0.2) is 56.5 Å². The molecule has 6 rings (SSSR count). The number of hydrogen-bond donors (Lipinski definition) is 4. The Kier molecular flexibility index (Phi) is 7.67. The molecule has 0 radical (unpaired) electrons. The molecule has 2 aromatic carbocycles. The van der Waals surface area contributed by atoms with Crippen molar-refractivity contribution in [3.63, 3.8) is 0 Å². The summed E-state index contributed by atoms with van der Waals surface area (Å²) in [4.78, 5) is 42.8. The number of hydrogen-bond acceptors (Lipinski definition) is 7. The molecule has 3 atom stereocenters. The molecule has 0 bridgehead atoms. The average molecular weight is 554 g/mol. The first-order chi connectivity index (χ1) is 20.0. The molecule has 0 saturated carbocycles. The Bertz CT molecular complexity index is 1500. The third-order valence-electron chi connectivity index (χ3n) is 8.11. The molecule has 10 heteroatoms. The molecule has 41 heavy (non-hydrogen) atoms. The van der Waals surface area contributed by atoms with Crippen LogP contribution in [-0.2, 0) is 14.3 Å². The average Bonchev–Trinajstić information content (AvgIpc) is 3.82. The molecule has 1 amide bonds. The van der Waals surface area contributed by atoms with Crippen LogP contribution in [0, 0.1) is 5.92 Å². The minimum atomic E-state index is -0.902. The number of aromatic nitrogens is 4. The lowest BCUT2D eigenvalue weighted by Crippen LogP contribution is -2.39. The van der Waals surface area contributed by atoms with Gasteiger partial charge in [-0.25, -0.2) is 9.97 Å². The Morgan fingerprint density at radius 2 is 1.49 bits per heavy atom. The second-order valence-corrected chi connectivity index (χ2v) is 10.7. The van der Waals surface area contributed by atoms with E-state index in [1.165, 1.54) is 6.42 Å². The number of nitrogens with zero attached hydrogens (tertiary/aromatic N) is 3. The van der Waals surface area contributed by atoms with Gasteiger partial charge in [0.15, 0.2) is 0 Å². The predicted octanol–water partition coefficient (Wildman–Crippen LogP) is 4.32. The molecule has 4 heterocycles. The number of H-pyrrole nitrogens is 2.